The zero-order valence-electron chi connectivity index (χ0n) is 34.6. The number of carboxylic acid groups (broad SMARTS) is 1. The van der Waals surface area contributed by atoms with Crippen molar-refractivity contribution in [2.24, 2.45) is 0 Å². The van der Waals surface area contributed by atoms with Gasteiger partial charge in [0.2, 0.25) is 5.69 Å². The third-order valence-corrected chi connectivity index (χ3v) is 12.0. The molecule has 2 unspecified atom stereocenters. The summed E-state index contributed by atoms with van der Waals surface area (Å²) >= 11 is 13.2. The first-order valence-corrected chi connectivity index (χ1v) is 20.9. The summed E-state index contributed by atoms with van der Waals surface area (Å²) in [5.41, 5.74) is 6.89. The fraction of sp³-hybridized carbons (Fsp3) is 0.286. The van der Waals surface area contributed by atoms with Gasteiger partial charge in [-0.2, -0.15) is 9.84 Å². The van der Waals surface area contributed by atoms with Crippen LogP contribution in [-0.2, 0) is 37.9 Å². The molecule has 2 atom stereocenters. The van der Waals surface area contributed by atoms with Crippen molar-refractivity contribution in [3.8, 4) is 6.07 Å². The van der Waals surface area contributed by atoms with Gasteiger partial charge in [0.1, 0.15) is 6.42 Å². The Morgan fingerprint density at radius 3 is 1.97 bits per heavy atom. The average molecular weight is 862 g/mol. The Kier molecular flexibility index (Phi) is 14.0. The molecule has 4 aromatic rings. The summed E-state index contributed by atoms with van der Waals surface area (Å²) in [5, 5.41) is 31.3. The third kappa shape index (κ3) is 9.35. The van der Waals surface area contributed by atoms with E-state index in [-0.39, 0.29) is 38.8 Å². The number of hydrogen-bond acceptors (Lipinski definition) is 8. The highest BCUT2D eigenvalue weighted by molar-refractivity contribution is 6.42. The van der Waals surface area contributed by atoms with Crippen molar-refractivity contribution in [2.75, 3.05) is 37.8 Å². The molecule has 12 heteroatoms. The van der Waals surface area contributed by atoms with E-state index in [1.54, 1.807) is 56.3 Å². The van der Waals surface area contributed by atoms with Gasteiger partial charge >= 0.3 is 17.9 Å². The molecule has 10 nitrogen and oxygen atoms in total. The molecular formula is C49H48Cl2N3O7+. The summed E-state index contributed by atoms with van der Waals surface area (Å²) in [7, 11) is 0. The van der Waals surface area contributed by atoms with E-state index in [1.165, 1.54) is 0 Å². The molecule has 6 rings (SSSR count). The van der Waals surface area contributed by atoms with E-state index in [0.717, 1.165) is 39.3 Å². The van der Waals surface area contributed by atoms with Crippen LogP contribution in [0.3, 0.4) is 0 Å². The maximum absolute atomic E-state index is 12.4. The fourth-order valence-corrected chi connectivity index (χ4v) is 8.77. The molecule has 0 aliphatic carbocycles. The number of aliphatic carboxylic acids is 1. The number of halogens is 2. The van der Waals surface area contributed by atoms with E-state index in [4.69, 9.17) is 32.7 Å². The van der Waals surface area contributed by atoms with Gasteiger partial charge in [0, 0.05) is 41.1 Å². The maximum Gasteiger partial charge on any atom is 0.338 e. The predicted molar refractivity (Wildman–Crippen MR) is 237 cm³/mol. The van der Waals surface area contributed by atoms with Crippen LogP contribution in [0.5, 0.6) is 0 Å². The number of esters is 2. The number of carbonyl (C=O) groups excluding carboxylic acids is 2. The number of benzene rings is 4. The number of hydrogen-bond donors (Lipinski definition) is 2. The number of aliphatic hydroxyl groups excluding tert-OH is 1. The van der Waals surface area contributed by atoms with Gasteiger partial charge < -0.3 is 24.6 Å². The quantitative estimate of drug-likeness (QED) is 0.0488. The van der Waals surface area contributed by atoms with E-state index in [2.05, 4.69) is 24.0 Å². The van der Waals surface area contributed by atoms with E-state index in [9.17, 15) is 29.9 Å². The van der Waals surface area contributed by atoms with Gasteiger partial charge in [-0.1, -0.05) is 65.7 Å². The Morgan fingerprint density at radius 1 is 0.836 bits per heavy atom. The first kappa shape index (κ1) is 44.6. The number of fused-ring (bicyclic) bond motifs is 2. The second-order valence-electron chi connectivity index (χ2n) is 15.3. The first-order valence-electron chi connectivity index (χ1n) is 20.1. The monoisotopic (exact) mass is 860 g/mol. The molecule has 0 amide bonds. The molecular weight excluding hydrogens is 813 g/mol. The minimum absolute atomic E-state index is 0.103. The number of nitriles is 1. The number of para-hydroxylation sites is 1. The smallest absolute Gasteiger partial charge is 0.338 e. The lowest BCUT2D eigenvalue weighted by atomic mass is 9.74. The molecule has 2 aliphatic rings. The average Bonchev–Trinajstić information content (AvgIpc) is 3.60. The van der Waals surface area contributed by atoms with Crippen LogP contribution in [0.25, 0.3) is 0 Å². The van der Waals surface area contributed by atoms with E-state index < -0.39 is 22.8 Å². The first-order chi connectivity index (χ1) is 29.3. The third-order valence-electron chi connectivity index (χ3n) is 11.3. The second kappa shape index (κ2) is 19.2. The molecule has 2 N–H and O–H groups in total. The van der Waals surface area contributed by atoms with Gasteiger partial charge in [-0.05, 0) is 112 Å². The number of ether oxygens (including phenoxy) is 2. The van der Waals surface area contributed by atoms with Crippen LogP contribution in [-0.4, -0.2) is 71.3 Å². The van der Waals surface area contributed by atoms with Crippen molar-refractivity contribution in [1.29, 1.82) is 5.26 Å². The molecule has 2 heterocycles. The summed E-state index contributed by atoms with van der Waals surface area (Å²) < 4.78 is 12.3. The molecule has 2 aliphatic heterocycles. The zero-order chi connectivity index (χ0) is 43.9. The Labute approximate surface area is 366 Å². The molecule has 0 spiro atoms. The highest BCUT2D eigenvalue weighted by Gasteiger charge is 2.48. The van der Waals surface area contributed by atoms with Crippen LogP contribution >= 0.6 is 23.2 Å². The van der Waals surface area contributed by atoms with Crippen LogP contribution in [0, 0.1) is 11.3 Å². The van der Waals surface area contributed by atoms with Crippen molar-refractivity contribution in [3.05, 3.63) is 164 Å². The molecule has 61 heavy (non-hydrogen) atoms. The summed E-state index contributed by atoms with van der Waals surface area (Å²) in [5.74, 6) is -1.77. The molecule has 0 radical (unpaired) electrons. The Bertz CT molecular complexity index is 2500. The molecule has 0 saturated heterocycles. The van der Waals surface area contributed by atoms with E-state index >= 15 is 0 Å². The zero-order valence-corrected chi connectivity index (χ0v) is 36.1. The lowest BCUT2D eigenvalue weighted by Gasteiger charge is -2.30. The van der Waals surface area contributed by atoms with Crippen LogP contribution in [0.1, 0.15) is 77.1 Å². The lowest BCUT2D eigenvalue weighted by molar-refractivity contribution is -0.436. The molecule has 0 bridgehead atoms. The minimum atomic E-state index is -0.972. The normalized spacial score (nSPS) is 19.0. The molecule has 0 fully saturated rings. The standard InChI is InChI=1S/C49H47Cl2N3O7/c1-5-60-46(58)35-17-11-32(12-18-35)29-48(3)37-9-7-8-10-41(37)54(25-26-55)43(48)21-15-34(31-52)16-22-44-49(4,30-33-13-19-36(20-14-33)47(59)61-6-2)38-27-39(50)40(51)28-42(38)53(44)24-23-45(56)57/h7-22,27-28,55H,5-6,23-26,29-30H2,1-4H3/p+1. The Balaban J connectivity index is 1.43. The van der Waals surface area contributed by atoms with Crippen molar-refractivity contribution < 1.29 is 38.6 Å². The van der Waals surface area contributed by atoms with Crippen LogP contribution < -0.4 is 4.90 Å². The molecule has 314 valence electrons. The highest BCUT2D eigenvalue weighted by atomic mass is 35.5. The number of β-amino-alcohol motifs (C(OH)–C–C–N with tert-alkyl or cyclic N) is 1. The number of anilines is 1. The van der Waals surface area contributed by atoms with Crippen molar-refractivity contribution >= 4 is 58.2 Å². The van der Waals surface area contributed by atoms with Crippen molar-refractivity contribution in [1.82, 2.24) is 0 Å². The summed E-state index contributed by atoms with van der Waals surface area (Å²) in [6.45, 7) is 8.58. The highest BCUT2D eigenvalue weighted by Crippen LogP contribution is 2.50. The SMILES string of the molecule is CCOC(=O)c1ccc(CC2(C)C(/C=C/C(C#N)=C/C=C3/N(CCO)c4ccccc4C3(C)Cc3ccc(C(=O)OCC)cc3)=[N+](CCC(=O)O)c3cc(Cl)c(Cl)cc32)cc1. The predicted octanol–water partition coefficient (Wildman–Crippen LogP) is 9.32. The second-order valence-corrected chi connectivity index (χ2v) is 16.1. The molecule has 4 aromatic carbocycles. The summed E-state index contributed by atoms with van der Waals surface area (Å²) in [6, 6.07) is 28.5. The molecule has 0 saturated carbocycles. The lowest BCUT2D eigenvalue weighted by Crippen LogP contribution is -2.34. The number of aliphatic hydroxyl groups is 1. The van der Waals surface area contributed by atoms with Gasteiger partial charge in [0.05, 0.1) is 58.1 Å². The van der Waals surface area contributed by atoms with Gasteiger partial charge in [0.25, 0.3) is 0 Å². The van der Waals surface area contributed by atoms with Crippen LogP contribution in [0.4, 0.5) is 11.4 Å². The summed E-state index contributed by atoms with van der Waals surface area (Å²) in [4.78, 5) is 38.8. The van der Waals surface area contributed by atoms with Crippen LogP contribution in [0.2, 0.25) is 10.0 Å². The van der Waals surface area contributed by atoms with Gasteiger partial charge in [-0.25, -0.2) is 9.59 Å². The van der Waals surface area contributed by atoms with Crippen molar-refractivity contribution in [2.45, 2.75) is 57.8 Å². The number of nitrogens with zero attached hydrogens (tertiary/aromatic N) is 3. The minimum Gasteiger partial charge on any atom is -0.481 e. The largest absolute Gasteiger partial charge is 0.481 e. The van der Waals surface area contributed by atoms with Gasteiger partial charge in [0.15, 0.2) is 12.3 Å². The Hall–Kier alpha value is -5.99. The summed E-state index contributed by atoms with van der Waals surface area (Å²) in [6.07, 6.45) is 8.09. The van der Waals surface area contributed by atoms with E-state index in [1.807, 2.05) is 72.2 Å². The number of carboxylic acids is 1. The number of allylic oxidation sites excluding steroid dienone is 6. The maximum atomic E-state index is 12.4. The van der Waals surface area contributed by atoms with E-state index in [0.29, 0.717) is 51.8 Å². The van der Waals surface area contributed by atoms with Crippen molar-refractivity contribution in [3.63, 3.8) is 0 Å². The number of rotatable bonds is 16. The van der Waals surface area contributed by atoms with Gasteiger partial charge in [-0.15, -0.1) is 0 Å². The van der Waals surface area contributed by atoms with Crippen LogP contribution in [0.15, 0.2) is 121 Å². The topological polar surface area (TPSA) is 140 Å². The number of carbonyl (C=O) groups is 3. The van der Waals surface area contributed by atoms with Gasteiger partial charge in [-0.3, -0.25) is 4.79 Å². The molecule has 0 aromatic heterocycles. The fourth-order valence-electron chi connectivity index (χ4n) is 8.45. The Morgan fingerprint density at radius 2 is 1.41 bits per heavy atom.